The summed E-state index contributed by atoms with van der Waals surface area (Å²) in [6, 6.07) is 4.32. The second-order valence-corrected chi connectivity index (χ2v) is 11.8. The molecule has 2 unspecified atom stereocenters. The zero-order valence-corrected chi connectivity index (χ0v) is 28.6. The molecule has 0 aromatic heterocycles. The van der Waals surface area contributed by atoms with Gasteiger partial charge in [0.05, 0.1) is 0 Å². The Labute approximate surface area is 263 Å². The lowest BCUT2D eigenvalue weighted by Crippen LogP contribution is -2.35. The maximum absolute atomic E-state index is 11.2. The number of hydrogen-bond acceptors (Lipinski definition) is 10. The summed E-state index contributed by atoms with van der Waals surface area (Å²) in [6.07, 6.45) is -1.15. The lowest BCUT2D eigenvalue weighted by molar-refractivity contribution is -0.132. The molecule has 0 spiro atoms. The molecule has 2 aromatic carbocycles. The largest absolute Gasteiger partial charge is 0.491 e. The number of aryl methyl sites for hydroxylation is 2. The van der Waals surface area contributed by atoms with E-state index in [1.165, 1.54) is 13.8 Å². The first-order chi connectivity index (χ1) is 20.4. The van der Waals surface area contributed by atoms with E-state index in [0.717, 1.165) is 33.4 Å². The van der Waals surface area contributed by atoms with Gasteiger partial charge in [0.2, 0.25) is 0 Å². The highest BCUT2D eigenvalue weighted by Gasteiger charge is 2.17. The third-order valence-corrected chi connectivity index (χ3v) is 6.83. The van der Waals surface area contributed by atoms with Gasteiger partial charge in [0, 0.05) is 39.0 Å². The molecule has 0 aliphatic carbocycles. The van der Waals surface area contributed by atoms with Crippen molar-refractivity contribution in [3.8, 4) is 23.0 Å². The lowest BCUT2D eigenvalue weighted by Gasteiger charge is -2.19. The second kappa shape index (κ2) is 18.6. The number of ether oxygens (including phenoxy) is 4. The molecule has 0 aliphatic heterocycles. The van der Waals surface area contributed by atoms with E-state index in [0.29, 0.717) is 48.2 Å². The molecular weight excluding hydrogens is 564 g/mol. The number of hydrogen-bond donors (Lipinski definition) is 4. The first-order valence-corrected chi connectivity index (χ1v) is 15.1. The summed E-state index contributed by atoms with van der Waals surface area (Å²) in [4.78, 5) is 22.3. The first-order valence-electron chi connectivity index (χ1n) is 15.1. The van der Waals surface area contributed by atoms with Crippen molar-refractivity contribution < 1.29 is 38.7 Å². The van der Waals surface area contributed by atoms with Crippen LogP contribution in [-0.2, 0) is 9.59 Å². The van der Waals surface area contributed by atoms with Crippen molar-refractivity contribution in [1.29, 1.82) is 0 Å². The molecular formula is C34H54N2O8. The van der Waals surface area contributed by atoms with Crippen LogP contribution in [0.2, 0.25) is 0 Å². The smallest absolute Gasteiger partial charge is 0.308 e. The standard InChI is InChI=1S/2C17H27NO4/c2*1-10(2)18-8-15(20)9-21-16-7-11(3)17(22-14(6)19)13(5)12(16)4/h2*7,10,15,18,20H,8-9H2,1-6H3. The summed E-state index contributed by atoms with van der Waals surface area (Å²) in [6.45, 7) is 23.6. The van der Waals surface area contributed by atoms with Crippen LogP contribution in [0, 0.1) is 41.5 Å². The summed E-state index contributed by atoms with van der Waals surface area (Å²) >= 11 is 0. The summed E-state index contributed by atoms with van der Waals surface area (Å²) in [5.74, 6) is 1.90. The molecule has 0 bridgehead atoms. The number of benzene rings is 2. The Kier molecular flexibility index (Phi) is 16.4. The van der Waals surface area contributed by atoms with E-state index < -0.39 is 12.2 Å². The fraction of sp³-hybridized carbons (Fsp3) is 0.588. The van der Waals surface area contributed by atoms with Crippen LogP contribution < -0.4 is 29.6 Å². The monoisotopic (exact) mass is 618 g/mol. The van der Waals surface area contributed by atoms with Gasteiger partial charge in [-0.2, -0.15) is 0 Å². The van der Waals surface area contributed by atoms with E-state index in [4.69, 9.17) is 18.9 Å². The number of aliphatic hydroxyl groups is 2. The highest BCUT2D eigenvalue weighted by molar-refractivity contribution is 5.72. The summed E-state index contributed by atoms with van der Waals surface area (Å²) in [5, 5.41) is 26.1. The van der Waals surface area contributed by atoms with Crippen LogP contribution in [0.25, 0.3) is 0 Å². The summed E-state index contributed by atoms with van der Waals surface area (Å²) in [5.41, 5.74) is 5.24. The van der Waals surface area contributed by atoms with Crippen LogP contribution in [0.1, 0.15) is 74.9 Å². The summed E-state index contributed by atoms with van der Waals surface area (Å²) < 4.78 is 21.9. The van der Waals surface area contributed by atoms with Crippen molar-refractivity contribution in [1.82, 2.24) is 10.6 Å². The van der Waals surface area contributed by atoms with Crippen molar-refractivity contribution in [2.24, 2.45) is 0 Å². The average Bonchev–Trinajstić information content (AvgIpc) is 2.93. The third-order valence-electron chi connectivity index (χ3n) is 6.83. The Bertz CT molecular complexity index is 1150. The number of esters is 2. The molecule has 248 valence electrons. The van der Waals surface area contributed by atoms with Gasteiger partial charge in [-0.25, -0.2) is 0 Å². The molecule has 4 N–H and O–H groups in total. The fourth-order valence-corrected chi connectivity index (χ4v) is 4.18. The minimum absolute atomic E-state index is 0.215. The van der Waals surface area contributed by atoms with Gasteiger partial charge in [-0.3, -0.25) is 9.59 Å². The molecule has 2 atom stereocenters. The van der Waals surface area contributed by atoms with E-state index in [1.807, 2.05) is 81.4 Å². The molecule has 0 aliphatic rings. The Balaban J connectivity index is 0.000000440. The van der Waals surface area contributed by atoms with E-state index in [9.17, 15) is 19.8 Å². The van der Waals surface area contributed by atoms with Gasteiger partial charge in [-0.1, -0.05) is 27.7 Å². The molecule has 0 amide bonds. The van der Waals surface area contributed by atoms with Gasteiger partial charge in [0.25, 0.3) is 0 Å². The molecule has 0 saturated heterocycles. The predicted octanol–water partition coefficient (Wildman–Crippen LogP) is 4.55. The van der Waals surface area contributed by atoms with Crippen molar-refractivity contribution in [2.75, 3.05) is 26.3 Å². The maximum Gasteiger partial charge on any atom is 0.308 e. The van der Waals surface area contributed by atoms with Crippen LogP contribution in [0.3, 0.4) is 0 Å². The normalized spacial score (nSPS) is 12.4. The van der Waals surface area contributed by atoms with Crippen LogP contribution in [0.4, 0.5) is 0 Å². The Morgan fingerprint density at radius 2 is 0.955 bits per heavy atom. The number of nitrogens with one attached hydrogen (secondary N) is 2. The van der Waals surface area contributed by atoms with Crippen LogP contribution in [0.15, 0.2) is 12.1 Å². The fourth-order valence-electron chi connectivity index (χ4n) is 4.18. The van der Waals surface area contributed by atoms with Gasteiger partial charge in [0.1, 0.15) is 48.4 Å². The van der Waals surface area contributed by atoms with E-state index >= 15 is 0 Å². The van der Waals surface area contributed by atoms with Gasteiger partial charge >= 0.3 is 11.9 Å². The van der Waals surface area contributed by atoms with Gasteiger partial charge < -0.3 is 39.8 Å². The highest BCUT2D eigenvalue weighted by Crippen LogP contribution is 2.34. The maximum atomic E-state index is 11.2. The molecule has 2 rings (SSSR count). The van der Waals surface area contributed by atoms with E-state index in [2.05, 4.69) is 10.6 Å². The Hall–Kier alpha value is -3.18. The Morgan fingerprint density at radius 3 is 1.23 bits per heavy atom. The van der Waals surface area contributed by atoms with Crippen molar-refractivity contribution in [2.45, 2.75) is 107 Å². The second-order valence-electron chi connectivity index (χ2n) is 11.8. The molecule has 0 saturated carbocycles. The van der Waals surface area contributed by atoms with Crippen LogP contribution in [-0.4, -0.2) is 72.7 Å². The first kappa shape index (κ1) is 38.8. The third kappa shape index (κ3) is 13.2. The zero-order valence-electron chi connectivity index (χ0n) is 28.6. The SMILES string of the molecule is CC(=O)Oc1c(C)cc(OCC(O)CNC(C)C)c(C)c1C.CC(=O)Oc1c(C)cc(OCC(O)CNC(C)C)c(C)c1C. The zero-order chi connectivity index (χ0) is 33.7. The van der Waals surface area contributed by atoms with Gasteiger partial charge in [-0.15, -0.1) is 0 Å². The van der Waals surface area contributed by atoms with Crippen LogP contribution >= 0.6 is 0 Å². The van der Waals surface area contributed by atoms with E-state index in [1.54, 1.807) is 0 Å². The van der Waals surface area contributed by atoms with E-state index in [-0.39, 0.29) is 25.2 Å². The van der Waals surface area contributed by atoms with Crippen molar-refractivity contribution in [3.63, 3.8) is 0 Å². The topological polar surface area (TPSA) is 136 Å². The molecule has 44 heavy (non-hydrogen) atoms. The van der Waals surface area contributed by atoms with Gasteiger partial charge in [-0.05, 0) is 87.1 Å². The Morgan fingerprint density at radius 1 is 0.636 bits per heavy atom. The van der Waals surface area contributed by atoms with Crippen molar-refractivity contribution >= 4 is 11.9 Å². The number of aliphatic hydroxyl groups excluding tert-OH is 2. The molecule has 0 fully saturated rings. The van der Waals surface area contributed by atoms with Crippen LogP contribution in [0.5, 0.6) is 23.0 Å². The number of carbonyl (C=O) groups excluding carboxylic acids is 2. The van der Waals surface area contributed by atoms with Crippen molar-refractivity contribution in [3.05, 3.63) is 45.5 Å². The molecule has 0 radical (unpaired) electrons. The minimum Gasteiger partial charge on any atom is -0.491 e. The predicted molar refractivity (Wildman–Crippen MR) is 173 cm³/mol. The molecule has 10 heteroatoms. The average molecular weight is 619 g/mol. The summed E-state index contributed by atoms with van der Waals surface area (Å²) in [7, 11) is 0. The molecule has 10 nitrogen and oxygen atoms in total. The quantitative estimate of drug-likeness (QED) is 0.176. The minimum atomic E-state index is -0.574. The lowest BCUT2D eigenvalue weighted by atomic mass is 10.0. The van der Waals surface area contributed by atoms with Gasteiger partial charge in [0.15, 0.2) is 0 Å². The number of rotatable bonds is 14. The molecule has 2 aromatic rings. The highest BCUT2D eigenvalue weighted by atomic mass is 16.5. The number of carbonyl (C=O) groups is 2. The molecule has 0 heterocycles.